The fourth-order valence-electron chi connectivity index (χ4n) is 2.78. The highest BCUT2D eigenvalue weighted by Gasteiger charge is 2.37. The van der Waals surface area contributed by atoms with Crippen molar-refractivity contribution in [3.05, 3.63) is 0 Å². The van der Waals surface area contributed by atoms with Crippen LogP contribution in [-0.2, 0) is 24.0 Å². The Kier molecular flexibility index (Phi) is 9.19. The van der Waals surface area contributed by atoms with Crippen LogP contribution in [0.15, 0.2) is 0 Å². The van der Waals surface area contributed by atoms with Crippen molar-refractivity contribution in [2.45, 2.75) is 56.8 Å². The van der Waals surface area contributed by atoms with Gasteiger partial charge in [0.2, 0.25) is 23.6 Å². The van der Waals surface area contributed by atoms with Gasteiger partial charge in [-0.05, 0) is 26.2 Å². The molecule has 4 atom stereocenters. The number of hydrogen-bond donors (Lipinski definition) is 6. The van der Waals surface area contributed by atoms with Crippen LogP contribution >= 0.6 is 12.6 Å². The average molecular weight is 417 g/mol. The third-order valence-electron chi connectivity index (χ3n) is 4.40. The molecule has 4 unspecified atom stereocenters. The highest BCUT2D eigenvalue weighted by atomic mass is 32.1. The Morgan fingerprint density at radius 3 is 2.43 bits per heavy atom. The largest absolute Gasteiger partial charge is 0.480 e. The molecule has 1 fully saturated rings. The van der Waals surface area contributed by atoms with Crippen molar-refractivity contribution < 1.29 is 29.1 Å². The predicted octanol–water partition coefficient (Wildman–Crippen LogP) is -2.43. The summed E-state index contributed by atoms with van der Waals surface area (Å²) in [5.74, 6) is -3.54. The Morgan fingerprint density at radius 2 is 1.89 bits per heavy atom. The highest BCUT2D eigenvalue weighted by Crippen LogP contribution is 2.19. The maximum atomic E-state index is 12.6. The van der Waals surface area contributed by atoms with E-state index < -0.39 is 53.8 Å². The first-order valence-electron chi connectivity index (χ1n) is 8.87. The molecular weight excluding hydrogens is 390 g/mol. The molecule has 1 heterocycles. The van der Waals surface area contributed by atoms with Gasteiger partial charge in [-0.1, -0.05) is 0 Å². The van der Waals surface area contributed by atoms with E-state index in [1.807, 2.05) is 0 Å². The van der Waals surface area contributed by atoms with Gasteiger partial charge in [-0.2, -0.15) is 12.6 Å². The van der Waals surface area contributed by atoms with Gasteiger partial charge in [0.15, 0.2) is 0 Å². The normalized spacial score (nSPS) is 19.4. The number of carbonyl (C=O) groups is 5. The van der Waals surface area contributed by atoms with Gasteiger partial charge in [-0.3, -0.25) is 24.0 Å². The number of nitrogens with two attached hydrogens (primary N) is 2. The zero-order chi connectivity index (χ0) is 21.4. The van der Waals surface area contributed by atoms with Crippen LogP contribution in [0.4, 0.5) is 0 Å². The van der Waals surface area contributed by atoms with Gasteiger partial charge in [0.25, 0.3) is 0 Å². The fraction of sp³-hybridized carbons (Fsp3) is 0.688. The molecule has 0 aromatic rings. The molecule has 158 valence electrons. The zero-order valence-corrected chi connectivity index (χ0v) is 16.5. The lowest BCUT2D eigenvalue weighted by atomic mass is 10.1. The minimum Gasteiger partial charge on any atom is -0.480 e. The molecule has 1 aliphatic rings. The van der Waals surface area contributed by atoms with Crippen LogP contribution in [-0.4, -0.2) is 76.1 Å². The maximum Gasteiger partial charge on any atom is 0.325 e. The first-order valence-corrected chi connectivity index (χ1v) is 9.50. The zero-order valence-electron chi connectivity index (χ0n) is 15.6. The molecule has 0 saturated carbocycles. The lowest BCUT2D eigenvalue weighted by Crippen LogP contribution is -2.57. The van der Waals surface area contributed by atoms with E-state index in [4.69, 9.17) is 16.6 Å². The molecule has 0 aliphatic carbocycles. The number of rotatable bonds is 10. The van der Waals surface area contributed by atoms with Gasteiger partial charge in [-0.15, -0.1) is 0 Å². The van der Waals surface area contributed by atoms with E-state index in [2.05, 4.69) is 23.3 Å². The fourth-order valence-corrected chi connectivity index (χ4v) is 3.03. The Balaban J connectivity index is 2.72. The van der Waals surface area contributed by atoms with Gasteiger partial charge in [0, 0.05) is 18.7 Å². The molecular formula is C16H27N5O6S. The number of carboxylic acid groups (broad SMARTS) is 1. The smallest absolute Gasteiger partial charge is 0.325 e. The lowest BCUT2D eigenvalue weighted by molar-refractivity contribution is -0.142. The monoisotopic (exact) mass is 417 g/mol. The second-order valence-corrected chi connectivity index (χ2v) is 6.98. The quantitative estimate of drug-likeness (QED) is 0.213. The van der Waals surface area contributed by atoms with E-state index >= 15 is 0 Å². The molecule has 11 nitrogen and oxygen atoms in total. The van der Waals surface area contributed by atoms with Gasteiger partial charge in [0.1, 0.15) is 18.1 Å². The van der Waals surface area contributed by atoms with Crippen LogP contribution in [0.1, 0.15) is 32.6 Å². The summed E-state index contributed by atoms with van der Waals surface area (Å²) in [5, 5.41) is 13.6. The number of carbonyl (C=O) groups excluding carboxylic acids is 4. The molecule has 0 radical (unpaired) electrons. The van der Waals surface area contributed by atoms with E-state index in [1.165, 1.54) is 11.8 Å². The number of thiol groups is 1. The SMILES string of the molecule is CC(NC(=O)C(CS)NC(=O)C1CCCN1C(=O)C(N)CCC(N)=O)C(=O)O. The van der Waals surface area contributed by atoms with E-state index in [-0.39, 0.29) is 18.6 Å². The summed E-state index contributed by atoms with van der Waals surface area (Å²) in [5.41, 5.74) is 10.9. The van der Waals surface area contributed by atoms with Crippen molar-refractivity contribution in [2.75, 3.05) is 12.3 Å². The molecule has 0 aromatic carbocycles. The third kappa shape index (κ3) is 6.68. The summed E-state index contributed by atoms with van der Waals surface area (Å²) in [4.78, 5) is 60.2. The van der Waals surface area contributed by atoms with Crippen molar-refractivity contribution in [3.63, 3.8) is 0 Å². The average Bonchev–Trinajstić information content (AvgIpc) is 3.12. The number of nitrogens with one attached hydrogen (secondary N) is 2. The second-order valence-electron chi connectivity index (χ2n) is 6.61. The molecule has 0 bridgehead atoms. The van der Waals surface area contributed by atoms with Gasteiger partial charge >= 0.3 is 5.97 Å². The number of primary amides is 1. The molecule has 7 N–H and O–H groups in total. The minimum atomic E-state index is -1.21. The lowest BCUT2D eigenvalue weighted by Gasteiger charge is -2.28. The standard InChI is InChI=1S/C16H27N5O6S/c1-8(16(26)27)19-13(23)10(7-28)20-14(24)11-3-2-6-21(11)15(25)9(17)4-5-12(18)22/h8-11,28H,2-7,17H2,1H3,(H2,18,22)(H,19,23)(H,20,24)(H,26,27). The van der Waals surface area contributed by atoms with Crippen molar-refractivity contribution in [3.8, 4) is 0 Å². The first kappa shape index (κ1) is 23.7. The second kappa shape index (κ2) is 10.9. The van der Waals surface area contributed by atoms with Crippen molar-refractivity contribution in [1.29, 1.82) is 0 Å². The summed E-state index contributed by atoms with van der Waals surface area (Å²) in [6, 6.07) is -3.95. The van der Waals surface area contributed by atoms with Crippen LogP contribution in [0.5, 0.6) is 0 Å². The topological polar surface area (TPSA) is 185 Å². The Hall–Kier alpha value is -2.34. The van der Waals surface area contributed by atoms with Gasteiger partial charge in [-0.25, -0.2) is 0 Å². The Bertz CT molecular complexity index is 631. The third-order valence-corrected chi connectivity index (χ3v) is 4.77. The summed E-state index contributed by atoms with van der Waals surface area (Å²) in [6.45, 7) is 1.62. The summed E-state index contributed by atoms with van der Waals surface area (Å²) >= 11 is 4.02. The van der Waals surface area contributed by atoms with Crippen LogP contribution in [0.2, 0.25) is 0 Å². The molecule has 1 saturated heterocycles. The molecule has 12 heteroatoms. The molecule has 4 amide bonds. The molecule has 28 heavy (non-hydrogen) atoms. The van der Waals surface area contributed by atoms with Gasteiger partial charge < -0.3 is 32.1 Å². The van der Waals surface area contributed by atoms with E-state index in [9.17, 15) is 24.0 Å². The Labute approximate surface area is 168 Å². The van der Waals surface area contributed by atoms with Crippen LogP contribution in [0.3, 0.4) is 0 Å². The Morgan fingerprint density at radius 1 is 1.25 bits per heavy atom. The summed E-state index contributed by atoms with van der Waals surface area (Å²) in [7, 11) is 0. The molecule has 1 rings (SSSR count). The predicted molar refractivity (Wildman–Crippen MR) is 102 cm³/mol. The van der Waals surface area contributed by atoms with Crippen LogP contribution < -0.4 is 22.1 Å². The van der Waals surface area contributed by atoms with Crippen molar-refractivity contribution >= 4 is 42.2 Å². The van der Waals surface area contributed by atoms with E-state index in [0.717, 1.165) is 0 Å². The van der Waals surface area contributed by atoms with Crippen LogP contribution in [0, 0.1) is 0 Å². The van der Waals surface area contributed by atoms with Crippen molar-refractivity contribution in [2.24, 2.45) is 11.5 Å². The number of carboxylic acids is 1. The highest BCUT2D eigenvalue weighted by molar-refractivity contribution is 7.80. The number of aliphatic carboxylic acids is 1. The first-order chi connectivity index (χ1) is 13.1. The number of amides is 4. The molecule has 0 spiro atoms. The minimum absolute atomic E-state index is 0.0404. The number of nitrogens with zero attached hydrogens (tertiary/aromatic N) is 1. The van der Waals surface area contributed by atoms with Crippen LogP contribution in [0.25, 0.3) is 0 Å². The number of hydrogen-bond acceptors (Lipinski definition) is 7. The molecule has 0 aromatic heterocycles. The maximum absolute atomic E-state index is 12.6. The summed E-state index contributed by atoms with van der Waals surface area (Å²) in [6.07, 6.45) is 1.02. The van der Waals surface area contributed by atoms with Gasteiger partial charge in [0.05, 0.1) is 6.04 Å². The number of likely N-dealkylation sites (tertiary alicyclic amines) is 1. The summed E-state index contributed by atoms with van der Waals surface area (Å²) < 4.78 is 0. The van der Waals surface area contributed by atoms with E-state index in [1.54, 1.807) is 0 Å². The molecule has 1 aliphatic heterocycles. The van der Waals surface area contributed by atoms with E-state index in [0.29, 0.717) is 19.4 Å². The van der Waals surface area contributed by atoms with Crippen molar-refractivity contribution in [1.82, 2.24) is 15.5 Å².